The highest BCUT2D eigenvalue weighted by Gasteiger charge is 2.36. The van der Waals surface area contributed by atoms with Gasteiger partial charge >= 0.3 is 0 Å². The van der Waals surface area contributed by atoms with Crippen LogP contribution < -0.4 is 15.4 Å². The highest BCUT2D eigenvalue weighted by atomic mass is 16.5. The van der Waals surface area contributed by atoms with E-state index in [1.165, 1.54) is 0 Å². The summed E-state index contributed by atoms with van der Waals surface area (Å²) < 4.78 is 6.92. The third-order valence-corrected chi connectivity index (χ3v) is 5.26. The fourth-order valence-corrected chi connectivity index (χ4v) is 3.71. The molecule has 0 fully saturated rings. The van der Waals surface area contributed by atoms with Gasteiger partial charge in [0.15, 0.2) is 0 Å². The zero-order valence-corrected chi connectivity index (χ0v) is 17.2. The predicted octanol–water partition coefficient (Wildman–Crippen LogP) is 3.95. The molecule has 2 amide bonds. The molecule has 0 saturated heterocycles. The van der Waals surface area contributed by atoms with Crippen LogP contribution in [-0.4, -0.2) is 28.7 Å². The Balaban J connectivity index is 1.61. The monoisotopic (exact) mass is 404 g/mol. The highest BCUT2D eigenvalue weighted by molar-refractivity contribution is 6.04. The van der Waals surface area contributed by atoms with E-state index in [1.807, 2.05) is 50.2 Å². The van der Waals surface area contributed by atoms with Crippen molar-refractivity contribution in [3.8, 4) is 16.9 Å². The van der Waals surface area contributed by atoms with E-state index in [0.29, 0.717) is 17.3 Å². The first-order valence-electron chi connectivity index (χ1n) is 9.94. The summed E-state index contributed by atoms with van der Waals surface area (Å²) in [6, 6.07) is 14.6. The number of ether oxygens (including phenoxy) is 1. The van der Waals surface area contributed by atoms with Gasteiger partial charge in [-0.25, -0.2) is 4.68 Å². The molecule has 154 valence electrons. The van der Waals surface area contributed by atoms with Crippen molar-refractivity contribution < 1.29 is 14.3 Å². The van der Waals surface area contributed by atoms with Crippen LogP contribution >= 0.6 is 0 Å². The lowest BCUT2D eigenvalue weighted by molar-refractivity contribution is -0.123. The fourth-order valence-electron chi connectivity index (χ4n) is 3.71. The first kappa shape index (κ1) is 19.7. The van der Waals surface area contributed by atoms with E-state index in [-0.39, 0.29) is 18.2 Å². The van der Waals surface area contributed by atoms with Crippen molar-refractivity contribution >= 4 is 23.3 Å². The number of hydrogen-bond acceptors (Lipinski definition) is 4. The van der Waals surface area contributed by atoms with Crippen LogP contribution in [0.25, 0.3) is 11.1 Å². The summed E-state index contributed by atoms with van der Waals surface area (Å²) in [5.74, 6) is 0.703. The third kappa shape index (κ3) is 3.54. The lowest BCUT2D eigenvalue weighted by Gasteiger charge is -2.12. The van der Waals surface area contributed by atoms with Crippen LogP contribution in [0.3, 0.4) is 0 Å². The lowest BCUT2D eigenvalue weighted by atomic mass is 10.0. The summed E-state index contributed by atoms with van der Waals surface area (Å²) in [4.78, 5) is 25.3. The number of fused-ring (bicyclic) bond motifs is 1. The van der Waals surface area contributed by atoms with Crippen molar-refractivity contribution in [3.05, 3.63) is 59.8 Å². The Bertz CT molecular complexity index is 1100. The van der Waals surface area contributed by atoms with Gasteiger partial charge in [0.2, 0.25) is 5.91 Å². The fraction of sp³-hybridized carbons (Fsp3) is 0.261. The van der Waals surface area contributed by atoms with Crippen LogP contribution in [0, 0.1) is 6.92 Å². The lowest BCUT2D eigenvalue weighted by Crippen LogP contribution is -2.24. The maximum absolute atomic E-state index is 12.7. The molecule has 2 aromatic carbocycles. The topological polar surface area (TPSA) is 85.2 Å². The molecule has 0 saturated carbocycles. The van der Waals surface area contributed by atoms with Crippen LogP contribution in [0.15, 0.2) is 48.5 Å². The number of carbonyl (C=O) groups excluding carboxylic acids is 2. The number of carbonyl (C=O) groups is 2. The number of nitrogens with one attached hydrogen (secondary N) is 2. The molecule has 1 atom stereocenters. The minimum Gasteiger partial charge on any atom is -0.495 e. The van der Waals surface area contributed by atoms with E-state index in [1.54, 1.807) is 23.9 Å². The second kappa shape index (κ2) is 8.02. The first-order valence-corrected chi connectivity index (χ1v) is 9.94. The molecule has 30 heavy (non-hydrogen) atoms. The molecule has 0 aliphatic carbocycles. The van der Waals surface area contributed by atoms with Gasteiger partial charge in [0.25, 0.3) is 5.91 Å². The van der Waals surface area contributed by atoms with Gasteiger partial charge in [0, 0.05) is 5.56 Å². The van der Waals surface area contributed by atoms with Gasteiger partial charge in [-0.2, -0.15) is 5.10 Å². The van der Waals surface area contributed by atoms with E-state index >= 15 is 0 Å². The highest BCUT2D eigenvalue weighted by Crippen LogP contribution is 2.39. The van der Waals surface area contributed by atoms with Gasteiger partial charge < -0.3 is 15.4 Å². The normalized spacial score (nSPS) is 14.9. The quantitative estimate of drug-likeness (QED) is 0.651. The van der Waals surface area contributed by atoms with Crippen LogP contribution in [0.5, 0.6) is 5.75 Å². The molecule has 1 aliphatic heterocycles. The zero-order valence-electron chi connectivity index (χ0n) is 17.2. The predicted molar refractivity (Wildman–Crippen MR) is 116 cm³/mol. The number of aryl methyl sites for hydroxylation is 2. The minimum absolute atomic E-state index is 0.0188. The molecule has 1 unspecified atom stereocenters. The van der Waals surface area contributed by atoms with Crippen molar-refractivity contribution in [2.45, 2.75) is 32.7 Å². The largest absolute Gasteiger partial charge is 0.495 e. The Morgan fingerprint density at radius 3 is 2.63 bits per heavy atom. The summed E-state index contributed by atoms with van der Waals surface area (Å²) in [6.45, 7) is 4.06. The van der Waals surface area contributed by atoms with E-state index < -0.39 is 6.04 Å². The van der Waals surface area contributed by atoms with Crippen molar-refractivity contribution in [2.24, 2.45) is 0 Å². The number of aromatic nitrogens is 2. The summed E-state index contributed by atoms with van der Waals surface area (Å²) >= 11 is 0. The molecule has 3 aromatic rings. The summed E-state index contributed by atoms with van der Waals surface area (Å²) in [5.41, 5.74) is 4.54. The smallest absolute Gasteiger partial charge is 0.251 e. The van der Waals surface area contributed by atoms with Gasteiger partial charge in [-0.15, -0.1) is 0 Å². The third-order valence-electron chi connectivity index (χ3n) is 5.26. The number of para-hydroxylation sites is 2. The second-order valence-corrected chi connectivity index (χ2v) is 7.29. The van der Waals surface area contributed by atoms with E-state index in [2.05, 4.69) is 15.7 Å². The molecule has 1 aromatic heterocycles. The van der Waals surface area contributed by atoms with Crippen LogP contribution in [0.4, 0.5) is 11.5 Å². The maximum Gasteiger partial charge on any atom is 0.251 e. The van der Waals surface area contributed by atoms with Crippen molar-refractivity contribution in [3.63, 3.8) is 0 Å². The van der Waals surface area contributed by atoms with Crippen molar-refractivity contribution in [2.75, 3.05) is 17.7 Å². The van der Waals surface area contributed by atoms with Crippen LogP contribution in [0.1, 0.15) is 30.6 Å². The van der Waals surface area contributed by atoms with E-state index in [4.69, 9.17) is 4.74 Å². The number of nitrogens with zero attached hydrogens (tertiary/aromatic N) is 2. The summed E-state index contributed by atoms with van der Waals surface area (Å²) in [5, 5.41) is 10.4. The molecule has 2 heterocycles. The molecule has 0 radical (unpaired) electrons. The van der Waals surface area contributed by atoms with Crippen molar-refractivity contribution in [1.29, 1.82) is 0 Å². The Morgan fingerprint density at radius 2 is 1.93 bits per heavy atom. The van der Waals surface area contributed by atoms with E-state index in [9.17, 15) is 9.59 Å². The van der Waals surface area contributed by atoms with Crippen molar-refractivity contribution in [1.82, 2.24) is 9.78 Å². The first-order chi connectivity index (χ1) is 14.5. The standard InChI is InChI=1S/C23H24N4O3/c1-4-16-21(15-11-9-14(2)10-12-15)22-25-23(29)18(27(22)26-16)13-20(28)24-17-7-5-6-8-19(17)30-3/h5-12,18H,4,13H2,1-3H3,(H,24,28)(H,25,29). The molecule has 7 nitrogen and oxygen atoms in total. The number of rotatable bonds is 6. The minimum atomic E-state index is -0.695. The van der Waals surface area contributed by atoms with Gasteiger partial charge in [-0.3, -0.25) is 9.59 Å². The number of amides is 2. The number of hydrogen-bond donors (Lipinski definition) is 2. The van der Waals surface area contributed by atoms with Gasteiger partial charge in [-0.05, 0) is 31.0 Å². The molecular formula is C23H24N4O3. The van der Waals surface area contributed by atoms with Gasteiger partial charge in [0.05, 0.1) is 24.9 Å². The Morgan fingerprint density at radius 1 is 1.20 bits per heavy atom. The molecule has 0 spiro atoms. The van der Waals surface area contributed by atoms with Gasteiger partial charge in [0.1, 0.15) is 17.6 Å². The Hall–Kier alpha value is -3.61. The number of benzene rings is 2. The molecule has 7 heteroatoms. The Labute approximate surface area is 175 Å². The second-order valence-electron chi connectivity index (χ2n) is 7.29. The van der Waals surface area contributed by atoms with E-state index in [0.717, 1.165) is 28.8 Å². The van der Waals surface area contributed by atoms with Crippen LogP contribution in [0.2, 0.25) is 0 Å². The zero-order chi connectivity index (χ0) is 21.3. The molecular weight excluding hydrogens is 380 g/mol. The van der Waals surface area contributed by atoms with Crippen LogP contribution in [-0.2, 0) is 16.0 Å². The average molecular weight is 404 g/mol. The molecule has 0 bridgehead atoms. The molecule has 2 N–H and O–H groups in total. The van der Waals surface area contributed by atoms with Gasteiger partial charge in [-0.1, -0.05) is 48.9 Å². The summed E-state index contributed by atoms with van der Waals surface area (Å²) in [6.07, 6.45) is 0.703. The number of methoxy groups -OCH3 is 1. The maximum atomic E-state index is 12.7. The summed E-state index contributed by atoms with van der Waals surface area (Å²) in [7, 11) is 1.55. The SMILES string of the molecule is CCc1nn2c(c1-c1ccc(C)cc1)NC(=O)C2CC(=O)Nc1ccccc1OC. The number of anilines is 2. The molecule has 4 rings (SSSR count). The molecule has 1 aliphatic rings. The average Bonchev–Trinajstić information content (AvgIpc) is 3.24. The Kier molecular flexibility index (Phi) is 5.27.